The largest absolute Gasteiger partial charge is 0.302 e. The van der Waals surface area contributed by atoms with Crippen LogP contribution in [0.5, 0.6) is 0 Å². The van der Waals surface area contributed by atoms with Crippen molar-refractivity contribution in [2.24, 2.45) is 4.99 Å². The molecule has 0 radical (unpaired) electrons. The highest BCUT2D eigenvalue weighted by Gasteiger charge is 2.10. The van der Waals surface area contributed by atoms with E-state index in [1.165, 1.54) is 24.1 Å². The van der Waals surface area contributed by atoms with Crippen LogP contribution in [0.4, 0.5) is 0 Å². The highest BCUT2D eigenvalue weighted by Crippen LogP contribution is 2.14. The molecule has 1 rings (SSSR count). The van der Waals surface area contributed by atoms with Crippen molar-refractivity contribution >= 4 is 6.21 Å². The Morgan fingerprint density at radius 2 is 2.33 bits per heavy atom. The summed E-state index contributed by atoms with van der Waals surface area (Å²) in [4.78, 5) is 6.61. The second-order valence-electron chi connectivity index (χ2n) is 3.42. The maximum absolute atomic E-state index is 4.27. The molecule has 0 unspecified atom stereocenters. The van der Waals surface area contributed by atoms with Crippen molar-refractivity contribution < 1.29 is 0 Å². The second-order valence-corrected chi connectivity index (χ2v) is 3.42. The number of nitrogens with zero attached hydrogens (tertiary/aromatic N) is 2. The van der Waals surface area contributed by atoms with Crippen molar-refractivity contribution in [3.63, 3.8) is 0 Å². The van der Waals surface area contributed by atoms with Gasteiger partial charge in [0.25, 0.3) is 0 Å². The van der Waals surface area contributed by atoms with Crippen molar-refractivity contribution in [2.75, 3.05) is 26.7 Å². The van der Waals surface area contributed by atoms with Gasteiger partial charge in [-0.05, 0) is 32.9 Å². The van der Waals surface area contributed by atoms with Gasteiger partial charge in [0.15, 0.2) is 0 Å². The van der Waals surface area contributed by atoms with E-state index in [9.17, 15) is 0 Å². The van der Waals surface area contributed by atoms with E-state index in [-0.39, 0.29) is 0 Å². The number of hydrogen-bond acceptors (Lipinski definition) is 2. The zero-order valence-corrected chi connectivity index (χ0v) is 8.30. The summed E-state index contributed by atoms with van der Waals surface area (Å²) >= 11 is 0. The lowest BCUT2D eigenvalue weighted by molar-refractivity contribution is 0.354. The summed E-state index contributed by atoms with van der Waals surface area (Å²) in [6, 6.07) is 0. The lowest BCUT2D eigenvalue weighted by atomic mass is 10.0. The van der Waals surface area contributed by atoms with Crippen molar-refractivity contribution in [2.45, 2.75) is 20.3 Å². The first-order valence-corrected chi connectivity index (χ1v) is 4.61. The summed E-state index contributed by atoms with van der Waals surface area (Å²) in [6.45, 7) is 7.42. The summed E-state index contributed by atoms with van der Waals surface area (Å²) < 4.78 is 0. The molecule has 0 bridgehead atoms. The van der Waals surface area contributed by atoms with Gasteiger partial charge >= 0.3 is 0 Å². The Morgan fingerprint density at radius 3 is 3.00 bits per heavy atom. The van der Waals surface area contributed by atoms with Crippen LogP contribution < -0.4 is 0 Å². The van der Waals surface area contributed by atoms with E-state index in [4.69, 9.17) is 0 Å². The minimum Gasteiger partial charge on any atom is -0.302 e. The van der Waals surface area contributed by atoms with Crippen molar-refractivity contribution in [3.05, 3.63) is 11.1 Å². The van der Waals surface area contributed by atoms with Gasteiger partial charge in [0.05, 0.1) is 0 Å². The van der Waals surface area contributed by atoms with Crippen LogP contribution in [0.2, 0.25) is 0 Å². The van der Waals surface area contributed by atoms with Gasteiger partial charge in [0.2, 0.25) is 0 Å². The Labute approximate surface area is 75.0 Å². The van der Waals surface area contributed by atoms with Gasteiger partial charge in [-0.1, -0.05) is 5.57 Å². The summed E-state index contributed by atoms with van der Waals surface area (Å²) in [5.41, 5.74) is 2.91. The van der Waals surface area contributed by atoms with E-state index in [1.807, 2.05) is 6.21 Å². The third-order valence-corrected chi connectivity index (χ3v) is 2.29. The highest BCUT2D eigenvalue weighted by molar-refractivity contribution is 5.80. The van der Waals surface area contributed by atoms with E-state index in [0.717, 1.165) is 13.1 Å². The molecule has 0 aromatic heterocycles. The fraction of sp³-hybridized carbons (Fsp3) is 0.700. The van der Waals surface area contributed by atoms with E-state index in [0.29, 0.717) is 0 Å². The molecule has 0 amide bonds. The normalized spacial score (nSPS) is 20.9. The van der Waals surface area contributed by atoms with E-state index >= 15 is 0 Å². The molecule has 1 aliphatic rings. The minimum absolute atomic E-state index is 0.889. The first-order valence-electron chi connectivity index (χ1n) is 4.61. The topological polar surface area (TPSA) is 15.6 Å². The van der Waals surface area contributed by atoms with Crippen LogP contribution in [-0.2, 0) is 0 Å². The van der Waals surface area contributed by atoms with Crippen LogP contribution in [0.15, 0.2) is 16.1 Å². The van der Waals surface area contributed by atoms with Crippen LogP contribution in [0.25, 0.3) is 0 Å². The fourth-order valence-corrected chi connectivity index (χ4v) is 1.38. The van der Waals surface area contributed by atoms with Crippen LogP contribution in [0.1, 0.15) is 20.3 Å². The molecule has 12 heavy (non-hydrogen) atoms. The summed E-state index contributed by atoms with van der Waals surface area (Å²) in [5.74, 6) is 0. The molecule has 0 aromatic carbocycles. The number of rotatable bonds is 2. The van der Waals surface area contributed by atoms with Crippen molar-refractivity contribution in [1.82, 2.24) is 4.90 Å². The van der Waals surface area contributed by atoms with Crippen LogP contribution in [-0.4, -0.2) is 37.8 Å². The lowest BCUT2D eigenvalue weighted by Crippen LogP contribution is -2.27. The minimum atomic E-state index is 0.889. The van der Waals surface area contributed by atoms with E-state index in [2.05, 4.69) is 30.8 Å². The smallest absolute Gasteiger partial charge is 0.0361 e. The number of likely N-dealkylation sites (N-methyl/N-ethyl adjacent to an activating group) is 1. The fourth-order valence-electron chi connectivity index (χ4n) is 1.38. The molecular weight excluding hydrogens is 148 g/mol. The third-order valence-electron chi connectivity index (χ3n) is 2.29. The van der Waals surface area contributed by atoms with Gasteiger partial charge in [0, 0.05) is 25.8 Å². The Morgan fingerprint density at radius 1 is 1.58 bits per heavy atom. The lowest BCUT2D eigenvalue weighted by Gasteiger charge is -2.24. The molecular formula is C10H18N2. The predicted octanol–water partition coefficient (Wildman–Crippen LogP) is 1.73. The molecule has 0 saturated heterocycles. The Bertz CT molecular complexity index is 204. The van der Waals surface area contributed by atoms with Gasteiger partial charge in [-0.25, -0.2) is 0 Å². The SMILES string of the molecule is CCN=CC1=C(C)CCN(C)C1. The monoisotopic (exact) mass is 166 g/mol. The molecule has 0 N–H and O–H groups in total. The average molecular weight is 166 g/mol. The molecule has 0 aliphatic carbocycles. The molecule has 0 spiro atoms. The Hall–Kier alpha value is -0.630. The Balaban J connectivity index is 2.64. The average Bonchev–Trinajstić information content (AvgIpc) is 2.07. The van der Waals surface area contributed by atoms with E-state index < -0.39 is 0 Å². The zero-order valence-electron chi connectivity index (χ0n) is 8.30. The van der Waals surface area contributed by atoms with Crippen molar-refractivity contribution in [3.8, 4) is 0 Å². The summed E-state index contributed by atoms with van der Waals surface area (Å²) in [5, 5.41) is 0. The molecule has 2 nitrogen and oxygen atoms in total. The van der Waals surface area contributed by atoms with Crippen LogP contribution in [0, 0.1) is 0 Å². The van der Waals surface area contributed by atoms with Crippen LogP contribution >= 0.6 is 0 Å². The van der Waals surface area contributed by atoms with Gasteiger partial charge in [0.1, 0.15) is 0 Å². The zero-order chi connectivity index (χ0) is 8.97. The molecule has 0 aromatic rings. The molecule has 2 heteroatoms. The highest BCUT2D eigenvalue weighted by atomic mass is 15.1. The first-order chi connectivity index (χ1) is 5.74. The maximum Gasteiger partial charge on any atom is 0.0361 e. The predicted molar refractivity (Wildman–Crippen MR) is 53.8 cm³/mol. The van der Waals surface area contributed by atoms with Gasteiger partial charge < -0.3 is 4.90 Å². The second kappa shape index (κ2) is 4.41. The number of hydrogen-bond donors (Lipinski definition) is 0. The summed E-state index contributed by atoms with van der Waals surface area (Å²) in [7, 11) is 2.16. The van der Waals surface area contributed by atoms with Gasteiger partial charge in [-0.2, -0.15) is 0 Å². The summed E-state index contributed by atoms with van der Waals surface area (Å²) in [6.07, 6.45) is 3.23. The Kier molecular flexibility index (Phi) is 3.48. The molecule has 1 aliphatic heterocycles. The maximum atomic E-state index is 4.27. The van der Waals surface area contributed by atoms with Gasteiger partial charge in [-0.3, -0.25) is 4.99 Å². The standard InChI is InChI=1S/C10H18N2/c1-4-11-7-10-8-12(3)6-5-9(10)2/h7H,4-6,8H2,1-3H3. The van der Waals surface area contributed by atoms with Crippen LogP contribution in [0.3, 0.4) is 0 Å². The molecule has 1 heterocycles. The van der Waals surface area contributed by atoms with Gasteiger partial charge in [-0.15, -0.1) is 0 Å². The molecule has 0 fully saturated rings. The van der Waals surface area contributed by atoms with Crippen molar-refractivity contribution in [1.29, 1.82) is 0 Å². The molecule has 0 atom stereocenters. The number of aliphatic imine (C=N–C) groups is 1. The molecule has 68 valence electrons. The first kappa shape index (κ1) is 9.46. The van der Waals surface area contributed by atoms with E-state index in [1.54, 1.807) is 0 Å². The third kappa shape index (κ3) is 2.45. The molecule has 0 saturated carbocycles. The quantitative estimate of drug-likeness (QED) is 0.570.